The van der Waals surface area contributed by atoms with E-state index in [0.717, 1.165) is 0 Å². The zero-order valence-electron chi connectivity index (χ0n) is 11.6. The summed E-state index contributed by atoms with van der Waals surface area (Å²) in [5, 5.41) is 0. The minimum absolute atomic E-state index is 0.267. The quantitative estimate of drug-likeness (QED) is 0.682. The van der Waals surface area contributed by atoms with Gasteiger partial charge in [-0.1, -0.05) is 87.9 Å². The molecular weight excluding hydrogens is 216 g/mol. The highest BCUT2D eigenvalue weighted by atomic mass is 14.3. The first-order valence-electron chi connectivity index (χ1n) is 6.75. The Hall–Kier alpha value is -1.56. The van der Waals surface area contributed by atoms with Gasteiger partial charge in [-0.05, 0) is 16.5 Å². The molecule has 0 bridgehead atoms. The Bertz CT molecular complexity index is 428. The molecule has 0 spiro atoms. The number of rotatable bonds is 4. The summed E-state index contributed by atoms with van der Waals surface area (Å²) in [5.74, 6) is 0.463. The molecule has 0 aromatic heterocycles. The van der Waals surface area contributed by atoms with Gasteiger partial charge in [0.2, 0.25) is 0 Å². The summed E-state index contributed by atoms with van der Waals surface area (Å²) >= 11 is 0. The van der Waals surface area contributed by atoms with Crippen LogP contribution in [0.2, 0.25) is 0 Å². The van der Waals surface area contributed by atoms with Crippen molar-refractivity contribution in [3.8, 4) is 0 Å². The second kappa shape index (κ2) is 5.39. The van der Waals surface area contributed by atoms with Crippen LogP contribution in [0.1, 0.15) is 44.2 Å². The summed E-state index contributed by atoms with van der Waals surface area (Å²) in [4.78, 5) is 0. The van der Waals surface area contributed by atoms with Gasteiger partial charge in [0.25, 0.3) is 0 Å². The van der Waals surface area contributed by atoms with Crippen molar-refractivity contribution >= 4 is 0 Å². The molecule has 2 aromatic rings. The third kappa shape index (κ3) is 2.64. The Morgan fingerprint density at radius 2 is 1.17 bits per heavy atom. The maximum atomic E-state index is 2.36. The highest BCUT2D eigenvalue weighted by Gasteiger charge is 2.30. The average Bonchev–Trinajstić information content (AvgIpc) is 2.41. The lowest BCUT2D eigenvalue weighted by molar-refractivity contribution is 0.305. The first-order chi connectivity index (χ1) is 8.65. The predicted octanol–water partition coefficient (Wildman–Crippen LogP) is 5.25. The fourth-order valence-electron chi connectivity index (χ4n) is 2.59. The molecule has 2 rings (SSSR count). The van der Waals surface area contributed by atoms with E-state index >= 15 is 0 Å². The molecule has 0 saturated heterocycles. The number of hydrogen-bond acceptors (Lipinski definition) is 0. The van der Waals surface area contributed by atoms with Crippen LogP contribution in [0.3, 0.4) is 0 Å². The molecule has 0 heterocycles. The van der Waals surface area contributed by atoms with Crippen LogP contribution in [-0.2, 0) is 0 Å². The molecule has 0 aliphatic heterocycles. The van der Waals surface area contributed by atoms with Crippen molar-refractivity contribution in [2.24, 2.45) is 5.41 Å². The van der Waals surface area contributed by atoms with E-state index in [1.165, 1.54) is 17.5 Å². The van der Waals surface area contributed by atoms with Gasteiger partial charge >= 0.3 is 0 Å². The van der Waals surface area contributed by atoms with Crippen LogP contribution >= 0.6 is 0 Å². The van der Waals surface area contributed by atoms with E-state index in [2.05, 4.69) is 81.4 Å². The van der Waals surface area contributed by atoms with Gasteiger partial charge in [-0.2, -0.15) is 0 Å². The van der Waals surface area contributed by atoms with Crippen molar-refractivity contribution in [1.29, 1.82) is 0 Å². The largest absolute Gasteiger partial charge is 0.0648 e. The van der Waals surface area contributed by atoms with Crippen molar-refractivity contribution in [3.63, 3.8) is 0 Å². The van der Waals surface area contributed by atoms with Gasteiger partial charge in [-0.3, -0.25) is 0 Å². The normalized spacial score (nSPS) is 11.8. The second-order valence-electron chi connectivity index (χ2n) is 5.60. The van der Waals surface area contributed by atoms with Gasteiger partial charge in [0, 0.05) is 5.92 Å². The first kappa shape index (κ1) is 12.9. The van der Waals surface area contributed by atoms with Crippen LogP contribution in [0.15, 0.2) is 60.7 Å². The molecule has 94 valence electrons. The summed E-state index contributed by atoms with van der Waals surface area (Å²) in [6, 6.07) is 21.7. The molecule has 0 nitrogen and oxygen atoms in total. The maximum Gasteiger partial charge on any atom is 0.0140 e. The predicted molar refractivity (Wildman–Crippen MR) is 78.8 cm³/mol. The van der Waals surface area contributed by atoms with E-state index in [0.29, 0.717) is 5.92 Å². The monoisotopic (exact) mass is 238 g/mol. The fourth-order valence-corrected chi connectivity index (χ4v) is 2.59. The molecule has 0 amide bonds. The van der Waals surface area contributed by atoms with Gasteiger partial charge < -0.3 is 0 Å². The second-order valence-corrected chi connectivity index (χ2v) is 5.60. The van der Waals surface area contributed by atoms with Gasteiger partial charge in [-0.15, -0.1) is 0 Å². The minimum Gasteiger partial charge on any atom is -0.0648 e. The lowest BCUT2D eigenvalue weighted by atomic mass is 9.70. The molecule has 0 atom stereocenters. The van der Waals surface area contributed by atoms with E-state index in [-0.39, 0.29) is 5.41 Å². The van der Waals surface area contributed by atoms with Crippen LogP contribution in [0.5, 0.6) is 0 Å². The van der Waals surface area contributed by atoms with Gasteiger partial charge in [0.05, 0.1) is 0 Å². The van der Waals surface area contributed by atoms with Crippen molar-refractivity contribution in [2.75, 3.05) is 0 Å². The number of benzene rings is 2. The molecule has 0 saturated carbocycles. The molecule has 0 heteroatoms. The van der Waals surface area contributed by atoms with Crippen molar-refractivity contribution < 1.29 is 0 Å². The Balaban J connectivity index is 2.49. The number of hydrogen-bond donors (Lipinski definition) is 0. The van der Waals surface area contributed by atoms with E-state index in [1.54, 1.807) is 0 Å². The van der Waals surface area contributed by atoms with Crippen LogP contribution < -0.4 is 0 Å². The van der Waals surface area contributed by atoms with Crippen molar-refractivity contribution in [3.05, 3.63) is 71.8 Å². The smallest absolute Gasteiger partial charge is 0.0140 e. The van der Waals surface area contributed by atoms with E-state index in [1.807, 2.05) is 0 Å². The Labute approximate surface area is 111 Å². The Kier molecular flexibility index (Phi) is 3.86. The zero-order chi connectivity index (χ0) is 13.0. The molecule has 0 unspecified atom stereocenters. The van der Waals surface area contributed by atoms with Crippen molar-refractivity contribution in [1.82, 2.24) is 0 Å². The van der Waals surface area contributed by atoms with Crippen LogP contribution in [0.4, 0.5) is 0 Å². The average molecular weight is 238 g/mol. The Morgan fingerprint density at radius 1 is 0.778 bits per heavy atom. The molecule has 0 aliphatic carbocycles. The third-order valence-electron chi connectivity index (χ3n) is 3.96. The lowest BCUT2D eigenvalue weighted by Crippen LogP contribution is -2.22. The zero-order valence-corrected chi connectivity index (χ0v) is 11.6. The summed E-state index contributed by atoms with van der Waals surface area (Å²) in [5.41, 5.74) is 3.09. The summed E-state index contributed by atoms with van der Waals surface area (Å²) in [7, 11) is 0. The molecule has 2 aromatic carbocycles. The minimum atomic E-state index is 0.267. The standard InChI is InChI=1S/C18H22/c1-4-18(2,3)17(15-11-7-5-8-12-15)16-13-9-6-10-14-16/h5-14,17H,4H2,1-3H3. The topological polar surface area (TPSA) is 0 Å². The first-order valence-corrected chi connectivity index (χ1v) is 6.75. The molecule has 0 fully saturated rings. The maximum absolute atomic E-state index is 2.36. The highest BCUT2D eigenvalue weighted by Crippen LogP contribution is 2.42. The molecule has 0 N–H and O–H groups in total. The van der Waals surface area contributed by atoms with E-state index in [9.17, 15) is 0 Å². The van der Waals surface area contributed by atoms with E-state index in [4.69, 9.17) is 0 Å². The SMILES string of the molecule is CCC(C)(C)C(c1ccccc1)c1ccccc1. The molecular formula is C18H22. The van der Waals surface area contributed by atoms with Crippen LogP contribution in [-0.4, -0.2) is 0 Å². The van der Waals surface area contributed by atoms with E-state index < -0.39 is 0 Å². The van der Waals surface area contributed by atoms with Crippen LogP contribution in [0, 0.1) is 5.41 Å². The van der Waals surface area contributed by atoms with Crippen molar-refractivity contribution in [2.45, 2.75) is 33.1 Å². The Morgan fingerprint density at radius 3 is 1.50 bits per heavy atom. The van der Waals surface area contributed by atoms with Crippen LogP contribution in [0.25, 0.3) is 0 Å². The fraction of sp³-hybridized carbons (Fsp3) is 0.333. The van der Waals surface area contributed by atoms with Gasteiger partial charge in [0.15, 0.2) is 0 Å². The third-order valence-corrected chi connectivity index (χ3v) is 3.96. The highest BCUT2D eigenvalue weighted by molar-refractivity contribution is 5.34. The molecule has 0 aliphatic rings. The molecule has 18 heavy (non-hydrogen) atoms. The summed E-state index contributed by atoms with van der Waals surface area (Å²) in [6.45, 7) is 6.99. The lowest BCUT2D eigenvalue weighted by Gasteiger charge is -2.34. The molecule has 0 radical (unpaired) electrons. The van der Waals surface area contributed by atoms with Gasteiger partial charge in [0.1, 0.15) is 0 Å². The summed E-state index contributed by atoms with van der Waals surface area (Å²) in [6.07, 6.45) is 1.17. The summed E-state index contributed by atoms with van der Waals surface area (Å²) < 4.78 is 0. The van der Waals surface area contributed by atoms with Gasteiger partial charge in [-0.25, -0.2) is 0 Å².